The average molecular weight is 354 g/mol. The molecule has 3 rings (SSSR count). The van der Waals surface area contributed by atoms with Gasteiger partial charge in [-0.3, -0.25) is 4.79 Å². The van der Waals surface area contributed by atoms with Crippen molar-refractivity contribution in [2.75, 3.05) is 23.3 Å². The topological polar surface area (TPSA) is 50.2 Å². The number of carbonyl (C=O) groups excluding carboxylic acids is 1. The Hall–Kier alpha value is -2.30. The minimum absolute atomic E-state index is 0.00894. The number of nitrogens with one attached hydrogen (secondary N) is 1. The molecule has 0 aliphatic carbocycles. The summed E-state index contributed by atoms with van der Waals surface area (Å²) in [6.45, 7) is 10.5. The highest BCUT2D eigenvalue weighted by atomic mass is 16.1. The zero-order valence-electron chi connectivity index (χ0n) is 16.6. The van der Waals surface area contributed by atoms with Crippen molar-refractivity contribution in [3.05, 3.63) is 29.3 Å². The summed E-state index contributed by atoms with van der Waals surface area (Å²) in [4.78, 5) is 19.4. The van der Waals surface area contributed by atoms with Crippen LogP contribution < -0.4 is 10.2 Å². The molecule has 5 nitrogen and oxygen atoms in total. The van der Waals surface area contributed by atoms with Gasteiger partial charge in [-0.1, -0.05) is 18.6 Å². The lowest BCUT2D eigenvalue weighted by molar-refractivity contribution is -0.115. The minimum Gasteiger partial charge on any atom is -0.342 e. The van der Waals surface area contributed by atoms with Crippen LogP contribution in [-0.4, -0.2) is 28.5 Å². The van der Waals surface area contributed by atoms with E-state index in [1.807, 2.05) is 32.9 Å². The number of benzene rings is 1. The van der Waals surface area contributed by atoms with Crippen LogP contribution in [0.5, 0.6) is 0 Å². The maximum Gasteiger partial charge on any atom is 0.228 e. The fourth-order valence-corrected chi connectivity index (χ4v) is 3.62. The first-order valence-corrected chi connectivity index (χ1v) is 9.50. The molecule has 0 saturated carbocycles. The Morgan fingerprint density at radius 1 is 1.38 bits per heavy atom. The number of imidazole rings is 1. The summed E-state index contributed by atoms with van der Waals surface area (Å²) in [5, 5.41) is 3.03. The molecular weight excluding hydrogens is 324 g/mol. The summed E-state index contributed by atoms with van der Waals surface area (Å²) in [7, 11) is 2.08. The number of fused-ring (bicyclic) bond motifs is 1. The van der Waals surface area contributed by atoms with E-state index in [0.717, 1.165) is 46.9 Å². The summed E-state index contributed by atoms with van der Waals surface area (Å²) in [6, 6.07) is 4.12. The van der Waals surface area contributed by atoms with E-state index in [0.29, 0.717) is 12.3 Å². The smallest absolute Gasteiger partial charge is 0.228 e. The van der Waals surface area contributed by atoms with Crippen LogP contribution >= 0.6 is 0 Å². The van der Waals surface area contributed by atoms with Gasteiger partial charge in [0.2, 0.25) is 11.9 Å². The van der Waals surface area contributed by atoms with Crippen LogP contribution in [0.1, 0.15) is 45.6 Å². The minimum atomic E-state index is 0.00894. The maximum absolute atomic E-state index is 12.2. The van der Waals surface area contributed by atoms with Gasteiger partial charge in [0.1, 0.15) is 0 Å². The lowest BCUT2D eigenvalue weighted by Gasteiger charge is -2.31. The lowest BCUT2D eigenvalue weighted by Crippen LogP contribution is -2.35. The maximum atomic E-state index is 12.2. The molecule has 0 bridgehead atoms. The number of rotatable bonds is 4. The second kappa shape index (κ2) is 7.52. The number of hydrogen-bond acceptors (Lipinski definition) is 3. The quantitative estimate of drug-likeness (QED) is 0.827. The molecule has 1 atom stereocenters. The van der Waals surface area contributed by atoms with Crippen molar-refractivity contribution in [3.63, 3.8) is 0 Å². The van der Waals surface area contributed by atoms with Crippen molar-refractivity contribution in [3.8, 4) is 0 Å². The van der Waals surface area contributed by atoms with Crippen molar-refractivity contribution >= 4 is 28.6 Å². The van der Waals surface area contributed by atoms with Crippen LogP contribution in [0.3, 0.4) is 0 Å². The summed E-state index contributed by atoms with van der Waals surface area (Å²) >= 11 is 0. The Morgan fingerprint density at radius 2 is 2.15 bits per heavy atom. The highest BCUT2D eigenvalue weighted by Gasteiger charge is 2.21. The van der Waals surface area contributed by atoms with Crippen LogP contribution in [0.15, 0.2) is 23.8 Å². The van der Waals surface area contributed by atoms with Gasteiger partial charge in [-0.05, 0) is 57.2 Å². The number of carbonyl (C=O) groups is 1. The number of hydrogen-bond donors (Lipinski definition) is 1. The van der Waals surface area contributed by atoms with E-state index >= 15 is 0 Å². The number of aromatic nitrogens is 2. The fourth-order valence-electron chi connectivity index (χ4n) is 3.62. The Bertz CT molecular complexity index is 845. The van der Waals surface area contributed by atoms with Gasteiger partial charge in [0.05, 0.1) is 11.0 Å². The Kier molecular flexibility index (Phi) is 5.35. The molecule has 1 N–H and O–H groups in total. The monoisotopic (exact) mass is 354 g/mol. The standard InChI is InChI=1S/C21H30N4O/c1-14(2)8-9-20(26)22-17-12-18-19(11-16(17)4)24(5)21(23-18)25-10-6-7-15(3)13-25/h8,11-12,15H,6-7,9-10,13H2,1-5H3,(H,22,26)/t15-/m1/s1. The van der Waals surface area contributed by atoms with Crippen LogP contribution in [-0.2, 0) is 11.8 Å². The third-order valence-corrected chi connectivity index (χ3v) is 5.11. The molecule has 140 valence electrons. The van der Waals surface area contributed by atoms with Gasteiger partial charge in [0.25, 0.3) is 0 Å². The molecule has 5 heteroatoms. The first-order chi connectivity index (χ1) is 12.3. The molecule has 0 unspecified atom stereocenters. The van der Waals surface area contributed by atoms with E-state index in [4.69, 9.17) is 4.98 Å². The molecule has 1 fully saturated rings. The van der Waals surface area contributed by atoms with Gasteiger partial charge in [-0.2, -0.15) is 0 Å². The third kappa shape index (κ3) is 3.92. The van der Waals surface area contributed by atoms with Crippen molar-refractivity contribution in [1.82, 2.24) is 9.55 Å². The highest BCUT2D eigenvalue weighted by Crippen LogP contribution is 2.29. The Balaban J connectivity index is 1.88. The normalized spacial score (nSPS) is 17.4. The van der Waals surface area contributed by atoms with Gasteiger partial charge in [0.15, 0.2) is 0 Å². The molecule has 1 saturated heterocycles. The predicted octanol–water partition coefficient (Wildman–Crippen LogP) is 4.41. The summed E-state index contributed by atoms with van der Waals surface area (Å²) < 4.78 is 2.18. The van der Waals surface area contributed by atoms with Gasteiger partial charge in [-0.15, -0.1) is 0 Å². The SMILES string of the molecule is CC(C)=CCC(=O)Nc1cc2nc(N3CCC[C@@H](C)C3)n(C)c2cc1C. The summed E-state index contributed by atoms with van der Waals surface area (Å²) in [5.74, 6) is 1.74. The predicted molar refractivity (Wildman–Crippen MR) is 109 cm³/mol. The van der Waals surface area contributed by atoms with Gasteiger partial charge in [0, 0.05) is 32.2 Å². The van der Waals surface area contributed by atoms with E-state index in [1.54, 1.807) is 0 Å². The Morgan fingerprint density at radius 3 is 2.85 bits per heavy atom. The first kappa shape index (κ1) is 18.5. The van der Waals surface area contributed by atoms with Gasteiger partial charge in [-0.25, -0.2) is 4.98 Å². The van der Waals surface area contributed by atoms with Crippen LogP contribution in [0.2, 0.25) is 0 Å². The van der Waals surface area contributed by atoms with Crippen molar-refractivity contribution in [2.45, 2.75) is 47.0 Å². The van der Waals surface area contributed by atoms with E-state index in [1.165, 1.54) is 12.8 Å². The summed E-state index contributed by atoms with van der Waals surface area (Å²) in [5.41, 5.74) is 5.10. The number of aryl methyl sites for hydroxylation is 2. The highest BCUT2D eigenvalue weighted by molar-refractivity contribution is 5.95. The van der Waals surface area contributed by atoms with Crippen molar-refractivity contribution in [1.29, 1.82) is 0 Å². The Labute approximate surface area is 156 Å². The molecule has 1 aromatic carbocycles. The number of allylic oxidation sites excluding steroid dienone is 1. The molecule has 1 aliphatic heterocycles. The molecule has 1 aliphatic rings. The second-order valence-electron chi connectivity index (χ2n) is 7.85. The van der Waals surface area contributed by atoms with Crippen LogP contribution in [0.25, 0.3) is 11.0 Å². The summed E-state index contributed by atoms with van der Waals surface area (Å²) in [6.07, 6.45) is 4.86. The number of nitrogens with zero attached hydrogens (tertiary/aromatic N) is 3. The first-order valence-electron chi connectivity index (χ1n) is 9.50. The zero-order valence-corrected chi connectivity index (χ0v) is 16.6. The molecular formula is C21H30N4O. The van der Waals surface area contributed by atoms with Crippen molar-refractivity contribution in [2.24, 2.45) is 13.0 Å². The van der Waals surface area contributed by atoms with Gasteiger partial charge >= 0.3 is 0 Å². The zero-order chi connectivity index (χ0) is 18.8. The molecule has 1 amide bonds. The third-order valence-electron chi connectivity index (χ3n) is 5.11. The van der Waals surface area contributed by atoms with Crippen LogP contribution in [0, 0.1) is 12.8 Å². The number of anilines is 2. The van der Waals surface area contributed by atoms with Crippen molar-refractivity contribution < 1.29 is 4.79 Å². The molecule has 26 heavy (non-hydrogen) atoms. The molecule has 0 spiro atoms. The molecule has 2 aromatic rings. The van der Waals surface area contributed by atoms with E-state index in [-0.39, 0.29) is 5.91 Å². The molecule has 2 heterocycles. The fraction of sp³-hybridized carbons (Fsp3) is 0.524. The molecule has 0 radical (unpaired) electrons. The van der Waals surface area contributed by atoms with E-state index < -0.39 is 0 Å². The van der Waals surface area contributed by atoms with E-state index in [9.17, 15) is 4.79 Å². The largest absolute Gasteiger partial charge is 0.342 e. The number of piperidine rings is 1. The lowest BCUT2D eigenvalue weighted by atomic mass is 10.0. The van der Waals surface area contributed by atoms with Crippen LogP contribution in [0.4, 0.5) is 11.6 Å². The van der Waals surface area contributed by atoms with E-state index in [2.05, 4.69) is 34.8 Å². The molecule has 1 aromatic heterocycles. The van der Waals surface area contributed by atoms with Gasteiger partial charge < -0.3 is 14.8 Å². The average Bonchev–Trinajstić information content (AvgIpc) is 2.90. The number of amides is 1. The second-order valence-corrected chi connectivity index (χ2v) is 7.85.